The van der Waals surface area contributed by atoms with E-state index in [0.717, 1.165) is 12.1 Å². The van der Waals surface area contributed by atoms with Crippen LogP contribution in [0.3, 0.4) is 0 Å². The van der Waals surface area contributed by atoms with Gasteiger partial charge in [0.15, 0.2) is 5.78 Å². The van der Waals surface area contributed by atoms with E-state index >= 15 is 0 Å². The van der Waals surface area contributed by atoms with E-state index in [2.05, 4.69) is 0 Å². The molecule has 0 aliphatic carbocycles. The molecule has 0 radical (unpaired) electrons. The number of Topliss-reactive ketones (excluding diaryl/α,β-unsaturated/α-hetero) is 1. The van der Waals surface area contributed by atoms with Gasteiger partial charge >= 0.3 is 0 Å². The van der Waals surface area contributed by atoms with E-state index in [1.165, 1.54) is 6.07 Å². The predicted molar refractivity (Wildman–Crippen MR) is 65.7 cm³/mol. The van der Waals surface area contributed by atoms with Gasteiger partial charge in [-0.05, 0) is 17.7 Å². The Hall–Kier alpha value is -1.74. The molecule has 0 N–H and O–H groups in total. The molecule has 0 bridgehead atoms. The smallest absolute Gasteiger partial charge is 0.191 e. The van der Waals surface area contributed by atoms with Crippen LogP contribution in [0.25, 0.3) is 0 Å². The van der Waals surface area contributed by atoms with E-state index in [9.17, 15) is 13.6 Å². The molecule has 0 aliphatic rings. The number of rotatable bonds is 3. The number of hydrogen-bond acceptors (Lipinski definition) is 1. The Morgan fingerprint density at radius 3 is 2.06 bits per heavy atom. The molecular weight excluding hydrogens is 258 g/mol. The summed E-state index contributed by atoms with van der Waals surface area (Å²) in [5.41, 5.74) is -0.0897. The van der Waals surface area contributed by atoms with Crippen LogP contribution in [0.4, 0.5) is 8.78 Å². The van der Waals surface area contributed by atoms with Gasteiger partial charge < -0.3 is 0 Å². The van der Waals surface area contributed by atoms with E-state index in [0.29, 0.717) is 5.56 Å². The lowest BCUT2D eigenvalue weighted by Gasteiger charge is -2.10. The molecular formula is C14H9ClF2O. The van der Waals surface area contributed by atoms with Crippen LogP contribution in [-0.2, 0) is 0 Å². The first-order valence-electron chi connectivity index (χ1n) is 5.28. The third-order valence-corrected chi connectivity index (χ3v) is 2.98. The lowest BCUT2D eigenvalue weighted by Crippen LogP contribution is -2.11. The second-order valence-corrected chi connectivity index (χ2v) is 4.17. The van der Waals surface area contributed by atoms with Crippen molar-refractivity contribution in [2.45, 2.75) is 5.38 Å². The minimum absolute atomic E-state index is 0.506. The fraction of sp³-hybridized carbons (Fsp3) is 0.0714. The predicted octanol–water partition coefficient (Wildman–Crippen LogP) is 4.13. The number of hydrogen-bond donors (Lipinski definition) is 0. The summed E-state index contributed by atoms with van der Waals surface area (Å²) >= 11 is 5.95. The molecule has 92 valence electrons. The summed E-state index contributed by atoms with van der Waals surface area (Å²) in [6.45, 7) is 0. The van der Waals surface area contributed by atoms with E-state index in [1.54, 1.807) is 30.3 Å². The minimum atomic E-state index is -1.10. The monoisotopic (exact) mass is 266 g/mol. The van der Waals surface area contributed by atoms with Crippen LogP contribution in [-0.4, -0.2) is 5.78 Å². The molecule has 0 aromatic heterocycles. The van der Waals surface area contributed by atoms with Crippen molar-refractivity contribution < 1.29 is 13.6 Å². The number of alkyl halides is 1. The molecule has 1 nitrogen and oxygen atoms in total. The van der Waals surface area contributed by atoms with Crippen molar-refractivity contribution in [2.24, 2.45) is 0 Å². The minimum Gasteiger partial charge on any atom is -0.292 e. The van der Waals surface area contributed by atoms with Crippen LogP contribution in [0.15, 0.2) is 48.5 Å². The fourth-order valence-electron chi connectivity index (χ4n) is 1.63. The number of ketones is 1. The molecule has 0 heterocycles. The quantitative estimate of drug-likeness (QED) is 0.603. The van der Waals surface area contributed by atoms with E-state index < -0.39 is 28.4 Å². The number of carbonyl (C=O) groups is 1. The van der Waals surface area contributed by atoms with Crippen LogP contribution in [0.1, 0.15) is 21.3 Å². The van der Waals surface area contributed by atoms with Gasteiger partial charge in [0.05, 0.1) is 5.56 Å². The van der Waals surface area contributed by atoms with Crippen molar-refractivity contribution in [1.82, 2.24) is 0 Å². The van der Waals surface area contributed by atoms with Gasteiger partial charge in [-0.15, -0.1) is 11.6 Å². The zero-order valence-electron chi connectivity index (χ0n) is 9.24. The Morgan fingerprint density at radius 1 is 0.944 bits per heavy atom. The Bertz CT molecular complexity index is 549. The second kappa shape index (κ2) is 5.27. The Kier molecular flexibility index (Phi) is 3.72. The van der Waals surface area contributed by atoms with E-state index in [4.69, 9.17) is 11.6 Å². The van der Waals surface area contributed by atoms with E-state index in [-0.39, 0.29) is 0 Å². The third-order valence-electron chi connectivity index (χ3n) is 2.53. The maximum absolute atomic E-state index is 13.5. The number of halogens is 3. The van der Waals surface area contributed by atoms with Gasteiger partial charge in [0.1, 0.15) is 17.0 Å². The highest BCUT2D eigenvalue weighted by molar-refractivity contribution is 6.33. The summed E-state index contributed by atoms with van der Waals surface area (Å²) in [7, 11) is 0. The molecule has 0 amide bonds. The van der Waals surface area contributed by atoms with Gasteiger partial charge in [-0.2, -0.15) is 0 Å². The van der Waals surface area contributed by atoms with Gasteiger partial charge in [-0.25, -0.2) is 8.78 Å². The largest absolute Gasteiger partial charge is 0.292 e. The lowest BCUT2D eigenvalue weighted by molar-refractivity contribution is 0.0979. The molecule has 0 spiro atoms. The molecule has 0 saturated heterocycles. The Morgan fingerprint density at radius 2 is 1.50 bits per heavy atom. The summed E-state index contributed by atoms with van der Waals surface area (Å²) in [5, 5.41) is -1.10. The van der Waals surface area contributed by atoms with Crippen molar-refractivity contribution in [1.29, 1.82) is 0 Å². The fourth-order valence-corrected chi connectivity index (χ4v) is 1.89. The first-order valence-corrected chi connectivity index (χ1v) is 5.72. The highest BCUT2D eigenvalue weighted by atomic mass is 35.5. The van der Waals surface area contributed by atoms with Crippen LogP contribution in [0.2, 0.25) is 0 Å². The third kappa shape index (κ3) is 2.41. The first kappa shape index (κ1) is 12.7. The Balaban J connectivity index is 2.38. The molecule has 0 saturated carbocycles. The van der Waals surface area contributed by atoms with Crippen molar-refractivity contribution >= 4 is 17.4 Å². The zero-order valence-corrected chi connectivity index (χ0v) is 9.99. The van der Waals surface area contributed by atoms with Crippen molar-refractivity contribution in [2.75, 3.05) is 0 Å². The molecule has 2 rings (SSSR count). The SMILES string of the molecule is O=C(c1c(F)cccc1F)C(Cl)c1ccccc1. The van der Waals surface area contributed by atoms with E-state index in [1.807, 2.05) is 0 Å². The summed E-state index contributed by atoms with van der Waals surface area (Å²) < 4.78 is 26.9. The van der Waals surface area contributed by atoms with Crippen molar-refractivity contribution in [3.63, 3.8) is 0 Å². The van der Waals surface area contributed by atoms with Gasteiger partial charge in [-0.3, -0.25) is 4.79 Å². The Labute approximate surface area is 108 Å². The van der Waals surface area contributed by atoms with Crippen LogP contribution < -0.4 is 0 Å². The average Bonchev–Trinajstić information content (AvgIpc) is 2.38. The van der Waals surface area contributed by atoms with Crippen molar-refractivity contribution in [3.05, 3.63) is 71.3 Å². The second-order valence-electron chi connectivity index (χ2n) is 3.73. The van der Waals surface area contributed by atoms with Gasteiger partial charge in [0.2, 0.25) is 0 Å². The van der Waals surface area contributed by atoms with Crippen LogP contribution in [0.5, 0.6) is 0 Å². The summed E-state index contributed by atoms with van der Waals surface area (Å²) in [6, 6.07) is 11.7. The highest BCUT2D eigenvalue weighted by Gasteiger charge is 2.25. The van der Waals surface area contributed by atoms with Crippen LogP contribution in [0, 0.1) is 11.6 Å². The number of carbonyl (C=O) groups excluding carboxylic acids is 1. The topological polar surface area (TPSA) is 17.1 Å². The van der Waals surface area contributed by atoms with Crippen LogP contribution >= 0.6 is 11.6 Å². The standard InChI is InChI=1S/C14H9ClF2O/c15-13(9-5-2-1-3-6-9)14(18)12-10(16)7-4-8-11(12)17/h1-8,13H. The summed E-state index contributed by atoms with van der Waals surface area (Å²) in [6.07, 6.45) is 0. The molecule has 2 aromatic carbocycles. The molecule has 4 heteroatoms. The highest BCUT2D eigenvalue weighted by Crippen LogP contribution is 2.27. The maximum atomic E-state index is 13.5. The molecule has 18 heavy (non-hydrogen) atoms. The lowest BCUT2D eigenvalue weighted by atomic mass is 10.0. The average molecular weight is 267 g/mol. The normalized spacial score (nSPS) is 12.2. The first-order chi connectivity index (χ1) is 8.61. The van der Waals surface area contributed by atoms with Crippen molar-refractivity contribution in [3.8, 4) is 0 Å². The van der Waals surface area contributed by atoms with Gasteiger partial charge in [-0.1, -0.05) is 36.4 Å². The van der Waals surface area contributed by atoms with Gasteiger partial charge in [0.25, 0.3) is 0 Å². The molecule has 0 fully saturated rings. The van der Waals surface area contributed by atoms with Gasteiger partial charge in [0, 0.05) is 0 Å². The molecule has 1 unspecified atom stereocenters. The number of benzene rings is 2. The molecule has 2 aromatic rings. The zero-order chi connectivity index (χ0) is 13.1. The maximum Gasteiger partial charge on any atom is 0.191 e. The molecule has 0 aliphatic heterocycles. The summed E-state index contributed by atoms with van der Waals surface area (Å²) in [4.78, 5) is 12.0. The summed E-state index contributed by atoms with van der Waals surface area (Å²) in [5.74, 6) is -2.58. The molecule has 1 atom stereocenters.